The number of hydrogen-bond acceptors (Lipinski definition) is 3. The van der Waals surface area contributed by atoms with Crippen molar-refractivity contribution in [1.82, 2.24) is 0 Å². The van der Waals surface area contributed by atoms with Crippen LogP contribution in [0.3, 0.4) is 0 Å². The lowest BCUT2D eigenvalue weighted by molar-refractivity contribution is -0.122. The highest BCUT2D eigenvalue weighted by Crippen LogP contribution is 2.09. The largest absolute Gasteiger partial charge is 0.497 e. The Labute approximate surface area is 75.8 Å². The van der Waals surface area contributed by atoms with Gasteiger partial charge >= 0.3 is 0 Å². The second-order valence-electron chi connectivity index (χ2n) is 2.00. The number of carbonyl (C=O) groups excluding carboxylic acids is 1. The van der Waals surface area contributed by atoms with Gasteiger partial charge in [-0.3, -0.25) is 9.59 Å². The van der Waals surface area contributed by atoms with Crippen molar-refractivity contribution in [2.45, 2.75) is 0 Å². The molecule has 0 aromatic heterocycles. The van der Waals surface area contributed by atoms with Gasteiger partial charge in [0.1, 0.15) is 12.0 Å². The first-order valence-corrected chi connectivity index (χ1v) is 3.45. The van der Waals surface area contributed by atoms with E-state index in [-0.39, 0.29) is 6.47 Å². The van der Waals surface area contributed by atoms with Gasteiger partial charge in [0.25, 0.3) is 6.47 Å². The van der Waals surface area contributed by atoms with E-state index in [1.54, 1.807) is 31.4 Å². The van der Waals surface area contributed by atoms with E-state index in [1.807, 2.05) is 0 Å². The molecule has 4 heteroatoms. The molecule has 0 aliphatic rings. The zero-order valence-electron chi connectivity index (χ0n) is 7.14. The monoisotopic (exact) mass is 182 g/mol. The molecule has 0 saturated carbocycles. The van der Waals surface area contributed by atoms with Gasteiger partial charge in [0, 0.05) is 5.56 Å². The van der Waals surface area contributed by atoms with Crippen molar-refractivity contribution in [1.29, 1.82) is 0 Å². The van der Waals surface area contributed by atoms with Crippen molar-refractivity contribution in [3.8, 4) is 5.75 Å². The summed E-state index contributed by atoms with van der Waals surface area (Å²) in [6.07, 6.45) is 0.805. The number of aldehydes is 1. The third-order valence-electron chi connectivity index (χ3n) is 1.25. The maximum Gasteiger partial charge on any atom is 0.290 e. The van der Waals surface area contributed by atoms with Crippen LogP contribution in [0.2, 0.25) is 0 Å². The van der Waals surface area contributed by atoms with E-state index in [0.717, 1.165) is 12.0 Å². The zero-order valence-corrected chi connectivity index (χ0v) is 7.14. The van der Waals surface area contributed by atoms with Crippen LogP contribution in [-0.2, 0) is 4.79 Å². The molecule has 0 heterocycles. The summed E-state index contributed by atoms with van der Waals surface area (Å²) in [5.41, 5.74) is 0.667. The Morgan fingerprint density at radius 2 is 1.69 bits per heavy atom. The molecular formula is C9H10O4. The number of methoxy groups -OCH3 is 1. The van der Waals surface area contributed by atoms with E-state index in [4.69, 9.17) is 14.6 Å². The van der Waals surface area contributed by atoms with Crippen molar-refractivity contribution in [3.05, 3.63) is 29.8 Å². The zero-order chi connectivity index (χ0) is 10.1. The van der Waals surface area contributed by atoms with Gasteiger partial charge in [-0.15, -0.1) is 0 Å². The molecule has 0 atom stereocenters. The number of rotatable bonds is 2. The Hall–Kier alpha value is -1.84. The first kappa shape index (κ1) is 11.2. The molecule has 0 fully saturated rings. The van der Waals surface area contributed by atoms with Crippen LogP contribution in [0.25, 0.3) is 0 Å². The SMILES string of the molecule is COc1ccc(C=O)cc1.O=CO. The van der Waals surface area contributed by atoms with Crippen LogP contribution < -0.4 is 4.74 Å². The Balaban J connectivity index is 0.000000424. The van der Waals surface area contributed by atoms with Gasteiger partial charge in [-0.05, 0) is 24.3 Å². The number of carboxylic acid groups (broad SMARTS) is 1. The topological polar surface area (TPSA) is 63.6 Å². The number of carbonyl (C=O) groups is 2. The quantitative estimate of drug-likeness (QED) is 0.698. The smallest absolute Gasteiger partial charge is 0.290 e. The van der Waals surface area contributed by atoms with Crippen LogP contribution >= 0.6 is 0 Å². The van der Waals surface area contributed by atoms with E-state index in [1.165, 1.54) is 0 Å². The summed E-state index contributed by atoms with van der Waals surface area (Å²) in [6, 6.07) is 6.94. The highest BCUT2D eigenvalue weighted by Gasteiger charge is 1.89. The van der Waals surface area contributed by atoms with Gasteiger partial charge in [0.05, 0.1) is 7.11 Å². The highest BCUT2D eigenvalue weighted by molar-refractivity contribution is 5.74. The lowest BCUT2D eigenvalue weighted by Gasteiger charge is -1.96. The van der Waals surface area contributed by atoms with Crippen molar-refractivity contribution < 1.29 is 19.4 Å². The second-order valence-corrected chi connectivity index (χ2v) is 2.00. The summed E-state index contributed by atoms with van der Waals surface area (Å²) in [4.78, 5) is 18.5. The molecule has 13 heavy (non-hydrogen) atoms. The van der Waals surface area contributed by atoms with Crippen molar-refractivity contribution in [3.63, 3.8) is 0 Å². The van der Waals surface area contributed by atoms with Gasteiger partial charge in [0.15, 0.2) is 0 Å². The summed E-state index contributed by atoms with van der Waals surface area (Å²) < 4.78 is 4.90. The number of ether oxygens (including phenoxy) is 1. The van der Waals surface area contributed by atoms with Gasteiger partial charge in [-0.2, -0.15) is 0 Å². The van der Waals surface area contributed by atoms with Crippen LogP contribution in [0.15, 0.2) is 24.3 Å². The fourth-order valence-corrected chi connectivity index (χ4v) is 0.682. The van der Waals surface area contributed by atoms with Crippen molar-refractivity contribution >= 4 is 12.8 Å². The molecule has 0 aliphatic carbocycles. The minimum atomic E-state index is -0.250. The molecule has 70 valence electrons. The molecule has 1 rings (SSSR count). The average Bonchev–Trinajstić information content (AvgIpc) is 2.19. The maximum absolute atomic E-state index is 10.2. The Morgan fingerprint density at radius 1 is 1.23 bits per heavy atom. The first-order chi connectivity index (χ1) is 6.28. The molecule has 0 saturated heterocycles. The predicted octanol–water partition coefficient (Wildman–Crippen LogP) is 1.21. The van der Waals surface area contributed by atoms with E-state index < -0.39 is 0 Å². The standard InChI is InChI=1S/C8H8O2.CH2O2/c1-10-8-4-2-7(6-9)3-5-8;2-1-3/h2-6H,1H3;1H,(H,2,3). The van der Waals surface area contributed by atoms with Crippen LogP contribution in [0.1, 0.15) is 10.4 Å². The molecule has 0 spiro atoms. The Kier molecular flexibility index (Phi) is 5.88. The molecule has 0 aliphatic heterocycles. The second kappa shape index (κ2) is 6.84. The van der Waals surface area contributed by atoms with Gasteiger partial charge in [-0.1, -0.05) is 0 Å². The van der Waals surface area contributed by atoms with E-state index >= 15 is 0 Å². The lowest BCUT2D eigenvalue weighted by Crippen LogP contribution is -1.82. The minimum absolute atomic E-state index is 0.250. The molecule has 0 radical (unpaired) electrons. The molecule has 1 aromatic carbocycles. The van der Waals surface area contributed by atoms with E-state index in [0.29, 0.717) is 5.56 Å². The Bertz CT molecular complexity index is 253. The van der Waals surface area contributed by atoms with E-state index in [2.05, 4.69) is 0 Å². The molecule has 1 aromatic rings. The molecule has 4 nitrogen and oxygen atoms in total. The summed E-state index contributed by atoms with van der Waals surface area (Å²) in [5, 5.41) is 6.89. The normalized spacial score (nSPS) is 7.77. The number of benzene rings is 1. The van der Waals surface area contributed by atoms with Gasteiger partial charge < -0.3 is 9.84 Å². The molecule has 1 N–H and O–H groups in total. The minimum Gasteiger partial charge on any atom is -0.497 e. The third kappa shape index (κ3) is 4.58. The fourth-order valence-electron chi connectivity index (χ4n) is 0.682. The number of hydrogen-bond donors (Lipinski definition) is 1. The summed E-state index contributed by atoms with van der Waals surface area (Å²) >= 11 is 0. The van der Waals surface area contributed by atoms with Crippen molar-refractivity contribution in [2.24, 2.45) is 0 Å². The molecule has 0 amide bonds. The third-order valence-corrected chi connectivity index (χ3v) is 1.25. The maximum atomic E-state index is 10.2. The van der Waals surface area contributed by atoms with E-state index in [9.17, 15) is 4.79 Å². The van der Waals surface area contributed by atoms with Gasteiger partial charge in [0.2, 0.25) is 0 Å². The van der Waals surface area contributed by atoms with Crippen LogP contribution in [0, 0.1) is 0 Å². The predicted molar refractivity (Wildman–Crippen MR) is 47.1 cm³/mol. The first-order valence-electron chi connectivity index (χ1n) is 3.45. The van der Waals surface area contributed by atoms with Crippen LogP contribution in [0.4, 0.5) is 0 Å². The van der Waals surface area contributed by atoms with Crippen LogP contribution in [-0.4, -0.2) is 25.0 Å². The summed E-state index contributed by atoms with van der Waals surface area (Å²) in [5.74, 6) is 0.769. The molecule has 0 unspecified atom stereocenters. The molecule has 0 bridgehead atoms. The highest BCUT2D eigenvalue weighted by atomic mass is 16.5. The average molecular weight is 182 g/mol. The van der Waals surface area contributed by atoms with Crippen LogP contribution in [0.5, 0.6) is 5.75 Å². The molecular weight excluding hydrogens is 172 g/mol. The van der Waals surface area contributed by atoms with Gasteiger partial charge in [-0.25, -0.2) is 0 Å². The summed E-state index contributed by atoms with van der Waals surface area (Å²) in [7, 11) is 1.59. The lowest BCUT2D eigenvalue weighted by atomic mass is 10.2. The summed E-state index contributed by atoms with van der Waals surface area (Å²) in [6.45, 7) is -0.250. The Morgan fingerprint density at radius 3 is 2.00 bits per heavy atom. The fraction of sp³-hybridized carbons (Fsp3) is 0.111. The van der Waals surface area contributed by atoms with Crippen molar-refractivity contribution in [2.75, 3.05) is 7.11 Å².